The molecule has 1 aromatic heterocycles. The SMILES string of the molecule is CCCCN(CC(=O)Nc1cc(-c2ccccc2)nn1-c1ccc(F)cc1)C(=O)c1cccc(OC)c1. The second-order valence-corrected chi connectivity index (χ2v) is 8.53. The van der Waals surface area contributed by atoms with Crippen LogP contribution in [-0.2, 0) is 4.79 Å². The lowest BCUT2D eigenvalue weighted by atomic mass is 10.1. The molecule has 37 heavy (non-hydrogen) atoms. The van der Waals surface area contributed by atoms with Gasteiger partial charge in [0.05, 0.1) is 18.5 Å². The summed E-state index contributed by atoms with van der Waals surface area (Å²) in [5, 5.41) is 7.55. The minimum atomic E-state index is -0.368. The van der Waals surface area contributed by atoms with Crippen LogP contribution in [-0.4, -0.2) is 46.7 Å². The minimum Gasteiger partial charge on any atom is -0.497 e. The van der Waals surface area contributed by atoms with Crippen molar-refractivity contribution in [2.24, 2.45) is 0 Å². The first kappa shape index (κ1) is 25.6. The van der Waals surface area contributed by atoms with Gasteiger partial charge in [-0.15, -0.1) is 0 Å². The summed E-state index contributed by atoms with van der Waals surface area (Å²) >= 11 is 0. The van der Waals surface area contributed by atoms with E-state index in [4.69, 9.17) is 4.74 Å². The predicted octanol–water partition coefficient (Wildman–Crippen LogP) is 5.57. The fourth-order valence-corrected chi connectivity index (χ4v) is 3.90. The van der Waals surface area contributed by atoms with Gasteiger partial charge >= 0.3 is 0 Å². The van der Waals surface area contributed by atoms with Crippen LogP contribution in [0.25, 0.3) is 16.9 Å². The van der Waals surface area contributed by atoms with E-state index in [1.807, 2.05) is 37.3 Å². The third-order valence-corrected chi connectivity index (χ3v) is 5.84. The number of benzene rings is 3. The molecule has 0 fully saturated rings. The zero-order chi connectivity index (χ0) is 26.2. The van der Waals surface area contributed by atoms with Crippen LogP contribution < -0.4 is 10.1 Å². The largest absolute Gasteiger partial charge is 0.497 e. The lowest BCUT2D eigenvalue weighted by Crippen LogP contribution is -2.39. The molecule has 0 aliphatic heterocycles. The standard InChI is InChI=1S/C29H29FN4O3/c1-3-4-17-33(29(36)22-11-8-12-25(18-22)37-2)20-28(35)31-27-19-26(21-9-6-5-7-10-21)32-34(27)24-15-13-23(30)14-16-24/h5-16,18-19H,3-4,17,20H2,1-2H3,(H,31,35). The van der Waals surface area contributed by atoms with Gasteiger partial charge in [-0.05, 0) is 48.9 Å². The molecule has 3 aromatic carbocycles. The van der Waals surface area contributed by atoms with E-state index in [0.29, 0.717) is 35.1 Å². The van der Waals surface area contributed by atoms with E-state index in [-0.39, 0.29) is 24.2 Å². The smallest absolute Gasteiger partial charge is 0.254 e. The Hall–Kier alpha value is -4.46. The summed E-state index contributed by atoms with van der Waals surface area (Å²) in [6, 6.07) is 24.0. The van der Waals surface area contributed by atoms with E-state index in [9.17, 15) is 14.0 Å². The molecule has 0 saturated carbocycles. The number of nitrogens with one attached hydrogen (secondary N) is 1. The molecular weight excluding hydrogens is 471 g/mol. The third kappa shape index (κ3) is 6.41. The minimum absolute atomic E-state index is 0.134. The molecular formula is C29H29FN4O3. The molecule has 0 bridgehead atoms. The molecule has 4 rings (SSSR count). The fourth-order valence-electron chi connectivity index (χ4n) is 3.90. The summed E-state index contributed by atoms with van der Waals surface area (Å²) in [7, 11) is 1.54. The molecule has 0 radical (unpaired) electrons. The molecule has 1 N–H and O–H groups in total. The molecule has 190 valence electrons. The molecule has 7 nitrogen and oxygen atoms in total. The average molecular weight is 501 g/mol. The van der Waals surface area contributed by atoms with Crippen LogP contribution in [0.5, 0.6) is 5.75 Å². The molecule has 0 unspecified atom stereocenters. The number of carbonyl (C=O) groups excluding carboxylic acids is 2. The Balaban J connectivity index is 1.59. The maximum atomic E-state index is 13.5. The molecule has 0 aliphatic carbocycles. The third-order valence-electron chi connectivity index (χ3n) is 5.84. The number of rotatable bonds is 10. The van der Waals surface area contributed by atoms with Gasteiger partial charge < -0.3 is 15.0 Å². The van der Waals surface area contributed by atoms with Crippen LogP contribution in [0.1, 0.15) is 30.1 Å². The predicted molar refractivity (Wildman–Crippen MR) is 141 cm³/mol. The van der Waals surface area contributed by atoms with E-state index < -0.39 is 0 Å². The van der Waals surface area contributed by atoms with E-state index in [0.717, 1.165) is 18.4 Å². The maximum Gasteiger partial charge on any atom is 0.254 e. The summed E-state index contributed by atoms with van der Waals surface area (Å²) in [6.07, 6.45) is 1.63. The number of aromatic nitrogens is 2. The highest BCUT2D eigenvalue weighted by molar-refractivity contribution is 5.99. The number of hydrogen-bond acceptors (Lipinski definition) is 4. The molecule has 2 amide bonds. The Kier molecular flexibility index (Phi) is 8.30. The van der Waals surface area contributed by atoms with Crippen molar-refractivity contribution in [3.05, 3.63) is 96.3 Å². The van der Waals surface area contributed by atoms with Gasteiger partial charge in [-0.3, -0.25) is 9.59 Å². The second kappa shape index (κ2) is 12.0. The zero-order valence-corrected chi connectivity index (χ0v) is 20.9. The topological polar surface area (TPSA) is 76.5 Å². The monoisotopic (exact) mass is 500 g/mol. The van der Waals surface area contributed by atoms with E-state index >= 15 is 0 Å². The number of amides is 2. The number of halogens is 1. The van der Waals surface area contributed by atoms with Crippen LogP contribution in [0.4, 0.5) is 10.2 Å². The summed E-state index contributed by atoms with van der Waals surface area (Å²) < 4.78 is 20.3. The van der Waals surface area contributed by atoms with Gasteiger partial charge in [0.25, 0.3) is 5.91 Å². The van der Waals surface area contributed by atoms with E-state index in [2.05, 4.69) is 10.4 Å². The summed E-state index contributed by atoms with van der Waals surface area (Å²) in [6.45, 7) is 2.33. The number of nitrogens with zero attached hydrogens (tertiary/aromatic N) is 3. The number of methoxy groups -OCH3 is 1. The Bertz CT molecular complexity index is 1350. The van der Waals surface area contributed by atoms with Crippen molar-refractivity contribution in [3.8, 4) is 22.7 Å². The normalized spacial score (nSPS) is 10.7. The molecule has 0 saturated heterocycles. The highest BCUT2D eigenvalue weighted by Crippen LogP contribution is 2.25. The Morgan fingerprint density at radius 2 is 1.76 bits per heavy atom. The van der Waals surface area contributed by atoms with E-state index in [1.165, 1.54) is 17.0 Å². The fraction of sp³-hybridized carbons (Fsp3) is 0.207. The van der Waals surface area contributed by atoms with Gasteiger partial charge in [-0.25, -0.2) is 9.07 Å². The molecule has 0 aliphatic rings. The van der Waals surface area contributed by atoms with Gasteiger partial charge in [0.15, 0.2) is 0 Å². The Morgan fingerprint density at radius 1 is 1.00 bits per heavy atom. The summed E-state index contributed by atoms with van der Waals surface area (Å²) in [5.74, 6) is 0.00394. The lowest BCUT2D eigenvalue weighted by Gasteiger charge is -2.22. The van der Waals surface area contributed by atoms with Gasteiger partial charge in [-0.2, -0.15) is 5.10 Å². The van der Waals surface area contributed by atoms with Gasteiger partial charge in [-0.1, -0.05) is 49.7 Å². The highest BCUT2D eigenvalue weighted by atomic mass is 19.1. The average Bonchev–Trinajstić information content (AvgIpc) is 3.35. The number of unbranched alkanes of at least 4 members (excludes halogenated alkanes) is 1. The van der Waals surface area contributed by atoms with Crippen molar-refractivity contribution >= 4 is 17.6 Å². The first-order valence-electron chi connectivity index (χ1n) is 12.1. The number of anilines is 1. The van der Waals surface area contributed by atoms with Gasteiger partial charge in [0.1, 0.15) is 23.9 Å². The van der Waals surface area contributed by atoms with E-state index in [1.54, 1.807) is 54.3 Å². The van der Waals surface area contributed by atoms with Crippen LogP contribution in [0, 0.1) is 5.82 Å². The van der Waals surface area contributed by atoms with Crippen molar-refractivity contribution in [1.82, 2.24) is 14.7 Å². The zero-order valence-electron chi connectivity index (χ0n) is 20.9. The van der Waals surface area contributed by atoms with Crippen molar-refractivity contribution < 1.29 is 18.7 Å². The molecule has 4 aromatic rings. The van der Waals surface area contributed by atoms with Crippen LogP contribution >= 0.6 is 0 Å². The quantitative estimate of drug-likeness (QED) is 0.309. The van der Waals surface area contributed by atoms with Crippen molar-refractivity contribution in [2.75, 3.05) is 25.5 Å². The first-order chi connectivity index (χ1) is 18.0. The maximum absolute atomic E-state index is 13.5. The van der Waals surface area contributed by atoms with Crippen molar-refractivity contribution in [1.29, 1.82) is 0 Å². The van der Waals surface area contributed by atoms with Gasteiger partial charge in [0, 0.05) is 23.7 Å². The molecule has 8 heteroatoms. The number of carbonyl (C=O) groups is 2. The van der Waals surface area contributed by atoms with Crippen molar-refractivity contribution in [3.63, 3.8) is 0 Å². The molecule has 0 spiro atoms. The lowest BCUT2D eigenvalue weighted by molar-refractivity contribution is -0.117. The molecule has 0 atom stereocenters. The highest BCUT2D eigenvalue weighted by Gasteiger charge is 2.21. The van der Waals surface area contributed by atoms with Crippen LogP contribution in [0.15, 0.2) is 84.9 Å². The Labute approximate surface area is 215 Å². The van der Waals surface area contributed by atoms with Crippen LogP contribution in [0.3, 0.4) is 0 Å². The second-order valence-electron chi connectivity index (χ2n) is 8.53. The van der Waals surface area contributed by atoms with Gasteiger partial charge in [0.2, 0.25) is 5.91 Å². The van der Waals surface area contributed by atoms with Crippen LogP contribution in [0.2, 0.25) is 0 Å². The Morgan fingerprint density at radius 3 is 2.46 bits per heavy atom. The molecule has 1 heterocycles. The number of ether oxygens (including phenoxy) is 1. The van der Waals surface area contributed by atoms with Crippen molar-refractivity contribution in [2.45, 2.75) is 19.8 Å². The first-order valence-corrected chi connectivity index (χ1v) is 12.1. The number of hydrogen-bond donors (Lipinski definition) is 1. The summed E-state index contributed by atoms with van der Waals surface area (Å²) in [5.41, 5.74) is 2.56. The summed E-state index contributed by atoms with van der Waals surface area (Å²) in [4.78, 5) is 28.0.